The zero-order chi connectivity index (χ0) is 17.5. The first-order valence-corrected chi connectivity index (χ1v) is 10.1. The largest absolute Gasteiger partial charge is 0.351 e. The number of likely N-dealkylation sites (tertiary alicyclic amines) is 1. The third-order valence-electron chi connectivity index (χ3n) is 4.30. The SMILES string of the molecule is O=C(CSCc1ccc(Cl)cc1)N[C@H]1CCN(Cc2ccccc2)C1. The summed E-state index contributed by atoms with van der Waals surface area (Å²) in [6.07, 6.45) is 1.03. The minimum Gasteiger partial charge on any atom is -0.351 e. The maximum Gasteiger partial charge on any atom is 0.230 e. The highest BCUT2D eigenvalue weighted by Crippen LogP contribution is 2.16. The number of hydrogen-bond donors (Lipinski definition) is 1. The van der Waals surface area contributed by atoms with Gasteiger partial charge in [-0.1, -0.05) is 54.1 Å². The summed E-state index contributed by atoms with van der Waals surface area (Å²) in [5.74, 6) is 1.46. The predicted molar refractivity (Wildman–Crippen MR) is 106 cm³/mol. The fourth-order valence-corrected chi connectivity index (χ4v) is 3.97. The van der Waals surface area contributed by atoms with Crippen molar-refractivity contribution in [1.82, 2.24) is 10.2 Å². The van der Waals surface area contributed by atoms with Gasteiger partial charge in [-0.2, -0.15) is 0 Å². The highest BCUT2D eigenvalue weighted by molar-refractivity contribution is 7.99. The number of nitrogens with one attached hydrogen (secondary N) is 1. The first kappa shape index (κ1) is 18.3. The summed E-state index contributed by atoms with van der Waals surface area (Å²) >= 11 is 7.52. The van der Waals surface area contributed by atoms with Crippen LogP contribution in [0, 0.1) is 0 Å². The van der Waals surface area contributed by atoms with Crippen molar-refractivity contribution in [3.05, 3.63) is 70.7 Å². The molecule has 0 bridgehead atoms. The van der Waals surface area contributed by atoms with E-state index in [0.717, 1.165) is 36.8 Å². The quantitative estimate of drug-likeness (QED) is 0.796. The molecule has 0 radical (unpaired) electrons. The van der Waals surface area contributed by atoms with E-state index in [-0.39, 0.29) is 11.9 Å². The fourth-order valence-electron chi connectivity index (χ4n) is 3.05. The van der Waals surface area contributed by atoms with Gasteiger partial charge in [0.05, 0.1) is 5.75 Å². The van der Waals surface area contributed by atoms with E-state index in [4.69, 9.17) is 11.6 Å². The number of rotatable bonds is 7. The van der Waals surface area contributed by atoms with E-state index in [2.05, 4.69) is 34.5 Å². The first-order chi connectivity index (χ1) is 12.2. The summed E-state index contributed by atoms with van der Waals surface area (Å²) in [5, 5.41) is 3.91. The minimum absolute atomic E-state index is 0.130. The summed E-state index contributed by atoms with van der Waals surface area (Å²) in [7, 11) is 0. The Hall–Kier alpha value is -1.49. The van der Waals surface area contributed by atoms with Crippen LogP contribution in [0.2, 0.25) is 5.02 Å². The van der Waals surface area contributed by atoms with E-state index in [1.54, 1.807) is 11.8 Å². The highest BCUT2D eigenvalue weighted by Gasteiger charge is 2.23. The number of nitrogens with zero attached hydrogens (tertiary/aromatic N) is 1. The molecule has 1 aliphatic rings. The molecule has 132 valence electrons. The van der Waals surface area contributed by atoms with E-state index in [0.29, 0.717) is 5.75 Å². The van der Waals surface area contributed by atoms with Crippen LogP contribution in [0.15, 0.2) is 54.6 Å². The van der Waals surface area contributed by atoms with Crippen LogP contribution in [-0.2, 0) is 17.1 Å². The van der Waals surface area contributed by atoms with Gasteiger partial charge in [-0.3, -0.25) is 9.69 Å². The van der Waals surface area contributed by atoms with Crippen LogP contribution < -0.4 is 5.32 Å². The molecular formula is C20H23ClN2OS. The number of carbonyl (C=O) groups is 1. The smallest absolute Gasteiger partial charge is 0.230 e. The van der Waals surface area contributed by atoms with Gasteiger partial charge >= 0.3 is 0 Å². The molecule has 1 heterocycles. The normalized spacial score (nSPS) is 17.6. The van der Waals surface area contributed by atoms with Crippen molar-refractivity contribution < 1.29 is 4.79 Å². The summed E-state index contributed by atoms with van der Waals surface area (Å²) in [4.78, 5) is 14.5. The Balaban J connectivity index is 1.35. The lowest BCUT2D eigenvalue weighted by atomic mass is 10.2. The second kappa shape index (κ2) is 9.27. The molecule has 2 aromatic rings. The molecule has 1 fully saturated rings. The molecule has 0 spiro atoms. The van der Waals surface area contributed by atoms with Gasteiger partial charge < -0.3 is 5.32 Å². The molecule has 0 aromatic heterocycles. The number of carbonyl (C=O) groups excluding carboxylic acids is 1. The van der Waals surface area contributed by atoms with Crippen molar-refractivity contribution in [2.75, 3.05) is 18.8 Å². The molecule has 1 atom stereocenters. The summed E-state index contributed by atoms with van der Waals surface area (Å²) in [6.45, 7) is 2.93. The number of halogens is 1. The molecule has 1 saturated heterocycles. The number of thioether (sulfide) groups is 1. The van der Waals surface area contributed by atoms with Gasteiger partial charge in [0, 0.05) is 36.5 Å². The summed E-state index contributed by atoms with van der Waals surface area (Å²) < 4.78 is 0. The minimum atomic E-state index is 0.130. The van der Waals surface area contributed by atoms with Crippen LogP contribution in [0.1, 0.15) is 17.5 Å². The second-order valence-corrected chi connectivity index (χ2v) is 7.82. The Kier molecular flexibility index (Phi) is 6.79. The van der Waals surface area contributed by atoms with E-state index < -0.39 is 0 Å². The lowest BCUT2D eigenvalue weighted by Gasteiger charge is -2.16. The molecule has 25 heavy (non-hydrogen) atoms. The van der Waals surface area contributed by atoms with Crippen molar-refractivity contribution >= 4 is 29.3 Å². The average molecular weight is 375 g/mol. The van der Waals surface area contributed by atoms with Gasteiger partial charge in [0.15, 0.2) is 0 Å². The molecule has 0 aliphatic carbocycles. The third kappa shape index (κ3) is 6.07. The Bertz CT molecular complexity index is 678. The molecule has 3 nitrogen and oxygen atoms in total. The van der Waals surface area contributed by atoms with Gasteiger partial charge in [-0.25, -0.2) is 0 Å². The van der Waals surface area contributed by atoms with Crippen LogP contribution in [0.3, 0.4) is 0 Å². The molecule has 0 unspecified atom stereocenters. The molecule has 1 aliphatic heterocycles. The molecular weight excluding hydrogens is 352 g/mol. The standard InChI is InChI=1S/C20H23ClN2OS/c21-18-8-6-17(7-9-18)14-25-15-20(24)22-19-10-11-23(13-19)12-16-4-2-1-3-5-16/h1-9,19H,10-15H2,(H,22,24)/t19-/m0/s1. The van der Waals surface area contributed by atoms with E-state index >= 15 is 0 Å². The van der Waals surface area contributed by atoms with Gasteiger partial charge in [-0.15, -0.1) is 11.8 Å². The Labute approximate surface area is 158 Å². The van der Waals surface area contributed by atoms with Gasteiger partial charge in [0.2, 0.25) is 5.91 Å². The number of amides is 1. The van der Waals surface area contributed by atoms with Crippen LogP contribution in [0.25, 0.3) is 0 Å². The molecule has 1 N–H and O–H groups in total. The van der Waals surface area contributed by atoms with Crippen LogP contribution in [-0.4, -0.2) is 35.7 Å². The van der Waals surface area contributed by atoms with Gasteiger partial charge in [0.25, 0.3) is 0 Å². The summed E-state index contributed by atoms with van der Waals surface area (Å²) in [5.41, 5.74) is 2.52. The van der Waals surface area contributed by atoms with Crippen LogP contribution >= 0.6 is 23.4 Å². The molecule has 1 amide bonds. The van der Waals surface area contributed by atoms with E-state index in [9.17, 15) is 4.79 Å². The fraction of sp³-hybridized carbons (Fsp3) is 0.350. The topological polar surface area (TPSA) is 32.3 Å². The maximum atomic E-state index is 12.1. The predicted octanol–water partition coefficient (Wildman–Crippen LogP) is 3.96. The highest BCUT2D eigenvalue weighted by atomic mass is 35.5. The van der Waals surface area contributed by atoms with Crippen molar-refractivity contribution in [3.63, 3.8) is 0 Å². The van der Waals surface area contributed by atoms with E-state index in [1.165, 1.54) is 11.1 Å². The van der Waals surface area contributed by atoms with Crippen LogP contribution in [0.4, 0.5) is 0 Å². The molecule has 3 rings (SSSR count). The first-order valence-electron chi connectivity index (χ1n) is 8.57. The zero-order valence-electron chi connectivity index (χ0n) is 14.2. The van der Waals surface area contributed by atoms with Gasteiger partial charge in [-0.05, 0) is 29.7 Å². The van der Waals surface area contributed by atoms with Crippen molar-refractivity contribution in [1.29, 1.82) is 0 Å². The molecule has 2 aromatic carbocycles. The van der Waals surface area contributed by atoms with Crippen molar-refractivity contribution in [2.45, 2.75) is 24.8 Å². The Morgan fingerprint density at radius 2 is 1.88 bits per heavy atom. The molecule has 5 heteroatoms. The lowest BCUT2D eigenvalue weighted by Crippen LogP contribution is -2.38. The van der Waals surface area contributed by atoms with Crippen molar-refractivity contribution in [3.8, 4) is 0 Å². The molecule has 0 saturated carbocycles. The van der Waals surface area contributed by atoms with E-state index in [1.807, 2.05) is 30.3 Å². The maximum absolute atomic E-state index is 12.1. The van der Waals surface area contributed by atoms with Crippen LogP contribution in [0.5, 0.6) is 0 Å². The number of hydrogen-bond acceptors (Lipinski definition) is 3. The lowest BCUT2D eigenvalue weighted by molar-refractivity contribution is -0.119. The number of benzene rings is 2. The zero-order valence-corrected chi connectivity index (χ0v) is 15.7. The van der Waals surface area contributed by atoms with Gasteiger partial charge in [0.1, 0.15) is 0 Å². The van der Waals surface area contributed by atoms with Crippen molar-refractivity contribution in [2.24, 2.45) is 0 Å². The second-order valence-electron chi connectivity index (χ2n) is 6.39. The monoisotopic (exact) mass is 374 g/mol. The average Bonchev–Trinajstić information content (AvgIpc) is 3.04. The Morgan fingerprint density at radius 3 is 2.64 bits per heavy atom. The Morgan fingerprint density at radius 1 is 1.12 bits per heavy atom. The summed E-state index contributed by atoms with van der Waals surface area (Å²) in [6, 6.07) is 18.5. The third-order valence-corrected chi connectivity index (χ3v) is 5.56.